The van der Waals surface area contributed by atoms with Crippen molar-refractivity contribution in [2.45, 2.75) is 32.2 Å². The first kappa shape index (κ1) is 9.97. The van der Waals surface area contributed by atoms with Gasteiger partial charge < -0.3 is 10.6 Å². The van der Waals surface area contributed by atoms with E-state index in [9.17, 15) is 4.79 Å². The molecule has 4 atom stereocenters. The lowest BCUT2D eigenvalue weighted by Crippen LogP contribution is -2.45. The number of rotatable bonds is 2. The Morgan fingerprint density at radius 3 is 2.57 bits per heavy atom. The molecule has 2 N–H and O–H groups in total. The summed E-state index contributed by atoms with van der Waals surface area (Å²) in [5.74, 6) is 1.60. The van der Waals surface area contributed by atoms with Gasteiger partial charge in [-0.3, -0.25) is 4.79 Å². The Hall–Kier alpha value is -0.570. The summed E-state index contributed by atoms with van der Waals surface area (Å²) < 4.78 is 0. The molecule has 2 aliphatic carbocycles. The molecule has 2 fully saturated rings. The Morgan fingerprint density at radius 2 is 2.07 bits per heavy atom. The smallest absolute Gasteiger partial charge is 0.227 e. The van der Waals surface area contributed by atoms with Gasteiger partial charge in [0.05, 0.1) is 5.92 Å². The van der Waals surface area contributed by atoms with E-state index in [1.165, 1.54) is 19.3 Å². The summed E-state index contributed by atoms with van der Waals surface area (Å²) in [7, 11) is 1.88. The highest BCUT2D eigenvalue weighted by Gasteiger charge is 2.49. The largest absolute Gasteiger partial charge is 0.346 e. The number of carbonyl (C=O) groups excluding carboxylic acids is 1. The SMILES string of the molecule is CCN(C)C(=O)C1C2CCC(C2)C1N. The zero-order valence-corrected chi connectivity index (χ0v) is 9.07. The van der Waals surface area contributed by atoms with Crippen LogP contribution in [0.1, 0.15) is 26.2 Å². The van der Waals surface area contributed by atoms with Gasteiger partial charge in [0, 0.05) is 19.6 Å². The molecule has 2 saturated carbocycles. The van der Waals surface area contributed by atoms with Crippen molar-refractivity contribution in [3.8, 4) is 0 Å². The predicted octanol–water partition coefficient (Wildman–Crippen LogP) is 0.838. The number of nitrogens with zero attached hydrogens (tertiary/aromatic N) is 1. The highest BCUT2D eigenvalue weighted by atomic mass is 16.2. The topological polar surface area (TPSA) is 46.3 Å². The zero-order valence-electron chi connectivity index (χ0n) is 9.07. The molecule has 0 aromatic rings. The number of hydrogen-bond donors (Lipinski definition) is 1. The van der Waals surface area contributed by atoms with Crippen LogP contribution in [0.4, 0.5) is 0 Å². The minimum atomic E-state index is 0.124. The molecule has 2 aliphatic rings. The maximum absolute atomic E-state index is 12.0. The molecule has 0 heterocycles. The summed E-state index contributed by atoms with van der Waals surface area (Å²) in [6.07, 6.45) is 3.65. The van der Waals surface area contributed by atoms with Crippen LogP contribution in [0.5, 0.6) is 0 Å². The number of hydrogen-bond acceptors (Lipinski definition) is 2. The van der Waals surface area contributed by atoms with E-state index in [0.29, 0.717) is 11.8 Å². The van der Waals surface area contributed by atoms with E-state index in [1.54, 1.807) is 0 Å². The maximum Gasteiger partial charge on any atom is 0.227 e. The second kappa shape index (κ2) is 3.54. The van der Waals surface area contributed by atoms with Gasteiger partial charge in [-0.25, -0.2) is 0 Å². The van der Waals surface area contributed by atoms with Crippen molar-refractivity contribution in [3.05, 3.63) is 0 Å². The van der Waals surface area contributed by atoms with Crippen molar-refractivity contribution in [1.29, 1.82) is 0 Å². The molecule has 3 heteroatoms. The second-order valence-corrected chi connectivity index (χ2v) is 4.79. The van der Waals surface area contributed by atoms with E-state index in [0.717, 1.165) is 6.54 Å². The van der Waals surface area contributed by atoms with Crippen molar-refractivity contribution in [2.75, 3.05) is 13.6 Å². The van der Waals surface area contributed by atoms with Crippen LogP contribution in [0.2, 0.25) is 0 Å². The summed E-state index contributed by atoms with van der Waals surface area (Å²) in [6.45, 7) is 2.80. The molecule has 0 saturated heterocycles. The third-order valence-corrected chi connectivity index (χ3v) is 4.12. The lowest BCUT2D eigenvalue weighted by molar-refractivity contribution is -0.136. The summed E-state index contributed by atoms with van der Waals surface area (Å²) in [6, 6.07) is 0.134. The Kier molecular flexibility index (Phi) is 2.52. The standard InChI is InChI=1S/C11H20N2O/c1-3-13(2)11(14)9-7-4-5-8(6-7)10(9)12/h7-10H,3-6,12H2,1-2H3. The summed E-state index contributed by atoms with van der Waals surface area (Å²) >= 11 is 0. The normalized spacial score (nSPS) is 40.2. The van der Waals surface area contributed by atoms with Gasteiger partial charge >= 0.3 is 0 Å². The molecule has 2 bridgehead atoms. The fourth-order valence-electron chi connectivity index (χ4n) is 3.11. The highest BCUT2D eigenvalue weighted by Crippen LogP contribution is 2.48. The average molecular weight is 196 g/mol. The Morgan fingerprint density at radius 1 is 1.43 bits per heavy atom. The lowest BCUT2D eigenvalue weighted by Gasteiger charge is -2.30. The van der Waals surface area contributed by atoms with E-state index in [2.05, 4.69) is 0 Å². The van der Waals surface area contributed by atoms with Crippen molar-refractivity contribution < 1.29 is 4.79 Å². The molecule has 3 nitrogen and oxygen atoms in total. The maximum atomic E-state index is 12.0. The number of fused-ring (bicyclic) bond motifs is 2. The molecule has 0 aliphatic heterocycles. The summed E-state index contributed by atoms with van der Waals surface area (Å²) in [4.78, 5) is 13.8. The molecule has 0 aromatic heterocycles. The summed E-state index contributed by atoms with van der Waals surface area (Å²) in [5.41, 5.74) is 6.11. The molecule has 80 valence electrons. The van der Waals surface area contributed by atoms with Gasteiger partial charge in [-0.1, -0.05) is 0 Å². The Labute approximate surface area is 85.6 Å². The van der Waals surface area contributed by atoms with Crippen LogP contribution < -0.4 is 5.73 Å². The Bertz CT molecular complexity index is 239. The second-order valence-electron chi connectivity index (χ2n) is 4.79. The van der Waals surface area contributed by atoms with Crippen LogP contribution in [0.25, 0.3) is 0 Å². The molecule has 14 heavy (non-hydrogen) atoms. The number of nitrogens with two attached hydrogens (primary N) is 1. The van der Waals surface area contributed by atoms with E-state index >= 15 is 0 Å². The fraction of sp³-hybridized carbons (Fsp3) is 0.909. The van der Waals surface area contributed by atoms with Crippen molar-refractivity contribution in [2.24, 2.45) is 23.5 Å². The van der Waals surface area contributed by atoms with E-state index in [1.807, 2.05) is 18.9 Å². The monoisotopic (exact) mass is 196 g/mol. The number of carbonyl (C=O) groups is 1. The molecular weight excluding hydrogens is 176 g/mol. The van der Waals surface area contributed by atoms with Crippen LogP contribution in [-0.2, 0) is 4.79 Å². The molecule has 4 unspecified atom stereocenters. The summed E-state index contributed by atoms with van der Waals surface area (Å²) in [5, 5.41) is 0. The minimum absolute atomic E-state index is 0.124. The zero-order chi connectivity index (χ0) is 10.3. The molecule has 0 radical (unpaired) electrons. The van der Waals surface area contributed by atoms with Crippen molar-refractivity contribution in [3.63, 3.8) is 0 Å². The van der Waals surface area contributed by atoms with Gasteiger partial charge in [0.25, 0.3) is 0 Å². The van der Waals surface area contributed by atoms with E-state index < -0.39 is 0 Å². The van der Waals surface area contributed by atoms with Crippen LogP contribution in [0, 0.1) is 17.8 Å². The van der Waals surface area contributed by atoms with Gasteiger partial charge in [0.2, 0.25) is 5.91 Å². The first-order chi connectivity index (χ1) is 6.65. The van der Waals surface area contributed by atoms with E-state index in [4.69, 9.17) is 5.73 Å². The fourth-order valence-corrected chi connectivity index (χ4v) is 3.11. The van der Waals surface area contributed by atoms with Crippen molar-refractivity contribution >= 4 is 5.91 Å². The van der Waals surface area contributed by atoms with Gasteiger partial charge in [0.1, 0.15) is 0 Å². The highest BCUT2D eigenvalue weighted by molar-refractivity contribution is 5.80. The number of amides is 1. The van der Waals surface area contributed by atoms with Gasteiger partial charge in [-0.05, 0) is 38.0 Å². The predicted molar refractivity (Wildman–Crippen MR) is 55.6 cm³/mol. The van der Waals surface area contributed by atoms with Crippen LogP contribution in [0.3, 0.4) is 0 Å². The molecule has 0 aromatic carbocycles. The minimum Gasteiger partial charge on any atom is -0.346 e. The average Bonchev–Trinajstić information content (AvgIpc) is 2.75. The van der Waals surface area contributed by atoms with Crippen molar-refractivity contribution in [1.82, 2.24) is 4.90 Å². The Balaban J connectivity index is 2.08. The first-order valence-electron chi connectivity index (χ1n) is 5.65. The van der Waals surface area contributed by atoms with Crippen LogP contribution in [-0.4, -0.2) is 30.4 Å². The first-order valence-corrected chi connectivity index (χ1v) is 5.65. The lowest BCUT2D eigenvalue weighted by atomic mass is 9.84. The molecule has 2 rings (SSSR count). The third kappa shape index (κ3) is 1.34. The van der Waals surface area contributed by atoms with Crippen LogP contribution >= 0.6 is 0 Å². The van der Waals surface area contributed by atoms with Gasteiger partial charge in [0.15, 0.2) is 0 Å². The van der Waals surface area contributed by atoms with Gasteiger partial charge in [-0.2, -0.15) is 0 Å². The van der Waals surface area contributed by atoms with Crippen LogP contribution in [0.15, 0.2) is 0 Å². The quantitative estimate of drug-likeness (QED) is 0.711. The molecular formula is C11H20N2O. The third-order valence-electron chi connectivity index (χ3n) is 4.12. The molecule has 1 amide bonds. The molecule has 0 spiro atoms. The van der Waals surface area contributed by atoms with Gasteiger partial charge in [-0.15, -0.1) is 0 Å². The van der Waals surface area contributed by atoms with E-state index in [-0.39, 0.29) is 17.9 Å².